The van der Waals surface area contributed by atoms with E-state index in [4.69, 9.17) is 4.74 Å². The average molecular weight is 356 g/mol. The molecule has 1 atom stereocenters. The second-order valence-corrected chi connectivity index (χ2v) is 5.45. The van der Waals surface area contributed by atoms with E-state index in [1.54, 1.807) is 0 Å². The molecule has 0 aliphatic rings. The highest BCUT2D eigenvalue weighted by Gasteiger charge is 2.32. The number of hydrogen-bond donors (Lipinski definition) is 1. The Bertz CT molecular complexity index is 438. The van der Waals surface area contributed by atoms with Crippen molar-refractivity contribution in [1.29, 1.82) is 0 Å². The van der Waals surface area contributed by atoms with Gasteiger partial charge in [-0.15, -0.1) is 13.2 Å². The summed E-state index contributed by atoms with van der Waals surface area (Å²) in [5, 5.41) is 3.02. The minimum absolute atomic E-state index is 0.0683. The predicted octanol–water partition coefficient (Wildman–Crippen LogP) is 3.97. The van der Waals surface area contributed by atoms with Gasteiger partial charge in [-0.3, -0.25) is 0 Å². The first-order valence-corrected chi connectivity index (χ1v) is 6.88. The zero-order chi connectivity index (χ0) is 15.3. The molecule has 1 aromatic rings. The molecule has 0 amide bonds. The Morgan fingerprint density at radius 3 is 2.40 bits per heavy atom. The average Bonchev–Trinajstić information content (AvgIpc) is 2.30. The van der Waals surface area contributed by atoms with Gasteiger partial charge < -0.3 is 14.8 Å². The largest absolute Gasteiger partial charge is 0.573 e. The van der Waals surface area contributed by atoms with Gasteiger partial charge in [0.2, 0.25) is 0 Å². The molecule has 1 rings (SSSR count). The second-order valence-electron chi connectivity index (χ2n) is 4.60. The van der Waals surface area contributed by atoms with E-state index in [9.17, 15) is 13.2 Å². The summed E-state index contributed by atoms with van der Waals surface area (Å²) in [6, 6.07) is 4.15. The summed E-state index contributed by atoms with van der Waals surface area (Å²) in [4.78, 5) is 0. The molecule has 0 radical (unpaired) electrons. The van der Waals surface area contributed by atoms with E-state index < -0.39 is 6.36 Å². The zero-order valence-corrected chi connectivity index (χ0v) is 13.0. The van der Waals surface area contributed by atoms with E-state index in [1.807, 2.05) is 20.9 Å². The predicted molar refractivity (Wildman–Crippen MR) is 74.0 cm³/mol. The SMILES string of the molecule is CNCC(Oc1ccc(OC(F)(F)F)c(Br)c1)C(C)C. The van der Waals surface area contributed by atoms with Crippen LogP contribution in [0.2, 0.25) is 0 Å². The van der Waals surface area contributed by atoms with E-state index in [-0.39, 0.29) is 22.2 Å². The molecule has 0 saturated carbocycles. The van der Waals surface area contributed by atoms with Crippen molar-refractivity contribution in [2.24, 2.45) is 5.92 Å². The Hall–Kier alpha value is -0.950. The van der Waals surface area contributed by atoms with Crippen molar-refractivity contribution >= 4 is 15.9 Å². The molecule has 3 nitrogen and oxygen atoms in total. The fourth-order valence-corrected chi connectivity index (χ4v) is 1.99. The number of rotatable bonds is 6. The summed E-state index contributed by atoms with van der Waals surface area (Å²) in [6.45, 7) is 4.67. The lowest BCUT2D eigenvalue weighted by Crippen LogP contribution is -2.33. The van der Waals surface area contributed by atoms with E-state index in [2.05, 4.69) is 26.0 Å². The molecule has 0 fully saturated rings. The molecule has 1 unspecified atom stereocenters. The fourth-order valence-electron chi connectivity index (χ4n) is 1.55. The van der Waals surface area contributed by atoms with Crippen LogP contribution in [0.3, 0.4) is 0 Å². The standard InChI is InChI=1S/C13H17BrF3NO2/c1-8(2)12(7-18-3)19-9-4-5-11(10(14)6-9)20-13(15,16)17/h4-6,8,12,18H,7H2,1-3H3. The number of nitrogens with one attached hydrogen (secondary N) is 1. The fraction of sp³-hybridized carbons (Fsp3) is 0.538. The third-order valence-electron chi connectivity index (χ3n) is 2.57. The molecule has 0 bridgehead atoms. The number of ether oxygens (including phenoxy) is 2. The van der Waals surface area contributed by atoms with Gasteiger partial charge >= 0.3 is 6.36 Å². The van der Waals surface area contributed by atoms with E-state index >= 15 is 0 Å². The van der Waals surface area contributed by atoms with Crippen LogP contribution < -0.4 is 14.8 Å². The highest BCUT2D eigenvalue weighted by atomic mass is 79.9. The highest BCUT2D eigenvalue weighted by molar-refractivity contribution is 9.10. The van der Waals surface area contributed by atoms with Crippen molar-refractivity contribution < 1.29 is 22.6 Å². The molecular weight excluding hydrogens is 339 g/mol. The first-order valence-electron chi connectivity index (χ1n) is 6.09. The highest BCUT2D eigenvalue weighted by Crippen LogP contribution is 2.33. The maximum Gasteiger partial charge on any atom is 0.573 e. The molecule has 0 aliphatic heterocycles. The van der Waals surface area contributed by atoms with Crippen LogP contribution in [0.25, 0.3) is 0 Å². The molecule has 0 heterocycles. The van der Waals surface area contributed by atoms with E-state index in [0.717, 1.165) is 0 Å². The maximum absolute atomic E-state index is 12.2. The van der Waals surface area contributed by atoms with Gasteiger partial charge in [-0.2, -0.15) is 0 Å². The monoisotopic (exact) mass is 355 g/mol. The van der Waals surface area contributed by atoms with Crippen LogP contribution in [-0.2, 0) is 0 Å². The first-order chi connectivity index (χ1) is 9.23. The third kappa shape index (κ3) is 5.58. The van der Waals surface area contributed by atoms with Gasteiger partial charge in [-0.1, -0.05) is 13.8 Å². The van der Waals surface area contributed by atoms with Crippen LogP contribution in [0.15, 0.2) is 22.7 Å². The summed E-state index contributed by atoms with van der Waals surface area (Å²) in [6.07, 6.45) is -4.78. The van der Waals surface area contributed by atoms with Crippen molar-refractivity contribution in [1.82, 2.24) is 5.32 Å². The third-order valence-corrected chi connectivity index (χ3v) is 3.19. The van der Waals surface area contributed by atoms with Crippen molar-refractivity contribution in [3.05, 3.63) is 22.7 Å². The Kier molecular flexibility index (Phi) is 6.13. The van der Waals surface area contributed by atoms with Gasteiger partial charge in [0.1, 0.15) is 17.6 Å². The number of hydrogen-bond acceptors (Lipinski definition) is 3. The van der Waals surface area contributed by atoms with Gasteiger partial charge in [-0.05, 0) is 47.1 Å². The Balaban J connectivity index is 2.81. The summed E-state index contributed by atoms with van der Waals surface area (Å²) >= 11 is 3.05. The topological polar surface area (TPSA) is 30.5 Å². The molecule has 0 aliphatic carbocycles. The number of alkyl halides is 3. The molecule has 1 aromatic carbocycles. The van der Waals surface area contributed by atoms with Gasteiger partial charge in [0.15, 0.2) is 0 Å². The van der Waals surface area contributed by atoms with Crippen LogP contribution in [-0.4, -0.2) is 26.1 Å². The molecule has 20 heavy (non-hydrogen) atoms. The minimum Gasteiger partial charge on any atom is -0.489 e. The molecular formula is C13H17BrF3NO2. The van der Waals surface area contributed by atoms with Gasteiger partial charge in [-0.25, -0.2) is 0 Å². The van der Waals surface area contributed by atoms with Gasteiger partial charge in [0.25, 0.3) is 0 Å². The smallest absolute Gasteiger partial charge is 0.489 e. The lowest BCUT2D eigenvalue weighted by molar-refractivity contribution is -0.274. The molecule has 1 N–H and O–H groups in total. The molecule has 7 heteroatoms. The van der Waals surface area contributed by atoms with E-state index in [0.29, 0.717) is 12.3 Å². The van der Waals surface area contributed by atoms with Crippen molar-refractivity contribution in [3.63, 3.8) is 0 Å². The van der Waals surface area contributed by atoms with Crippen LogP contribution in [0.1, 0.15) is 13.8 Å². The van der Waals surface area contributed by atoms with Crippen molar-refractivity contribution in [3.8, 4) is 11.5 Å². The molecule has 114 valence electrons. The molecule has 0 aromatic heterocycles. The summed E-state index contributed by atoms with van der Waals surface area (Å²) in [7, 11) is 1.81. The minimum atomic E-state index is -4.71. The molecule has 0 spiro atoms. The number of benzene rings is 1. The van der Waals surface area contributed by atoms with Gasteiger partial charge in [0, 0.05) is 6.54 Å². The Morgan fingerprint density at radius 1 is 1.30 bits per heavy atom. The van der Waals surface area contributed by atoms with E-state index in [1.165, 1.54) is 18.2 Å². The zero-order valence-electron chi connectivity index (χ0n) is 11.4. The first kappa shape index (κ1) is 17.1. The molecule has 0 saturated heterocycles. The van der Waals surface area contributed by atoms with Crippen LogP contribution >= 0.6 is 15.9 Å². The van der Waals surface area contributed by atoms with Crippen molar-refractivity contribution in [2.75, 3.05) is 13.6 Å². The quantitative estimate of drug-likeness (QED) is 0.837. The number of halogens is 4. The summed E-state index contributed by atoms with van der Waals surface area (Å²) in [5.74, 6) is 0.465. The van der Waals surface area contributed by atoms with Crippen LogP contribution in [0.5, 0.6) is 11.5 Å². The lowest BCUT2D eigenvalue weighted by Gasteiger charge is -2.22. The van der Waals surface area contributed by atoms with Gasteiger partial charge in [0.05, 0.1) is 4.47 Å². The van der Waals surface area contributed by atoms with Crippen LogP contribution in [0, 0.1) is 5.92 Å². The Labute approximate surface area is 124 Å². The maximum atomic E-state index is 12.2. The van der Waals surface area contributed by atoms with Crippen LogP contribution in [0.4, 0.5) is 13.2 Å². The van der Waals surface area contributed by atoms with Crippen molar-refractivity contribution in [2.45, 2.75) is 26.3 Å². The Morgan fingerprint density at radius 2 is 1.95 bits per heavy atom. The summed E-state index contributed by atoms with van der Waals surface area (Å²) in [5.41, 5.74) is 0. The second kappa shape index (κ2) is 7.17. The number of likely N-dealkylation sites (N-methyl/N-ethyl adjacent to an activating group) is 1. The lowest BCUT2D eigenvalue weighted by atomic mass is 10.1. The summed E-state index contributed by atoms with van der Waals surface area (Å²) < 4.78 is 46.3. The normalized spacial score (nSPS) is 13.4.